The van der Waals surface area contributed by atoms with Crippen LogP contribution in [-0.4, -0.2) is 27.8 Å². The minimum absolute atomic E-state index is 0.101. The molecular formula is C5H7ClOS2. The van der Waals surface area contributed by atoms with E-state index in [0.29, 0.717) is 0 Å². The van der Waals surface area contributed by atoms with Crippen molar-refractivity contribution in [3.05, 3.63) is 0 Å². The van der Waals surface area contributed by atoms with Gasteiger partial charge in [-0.2, -0.15) is 11.8 Å². The summed E-state index contributed by atoms with van der Waals surface area (Å²) in [5.41, 5.74) is 0. The van der Waals surface area contributed by atoms with Crippen molar-refractivity contribution >= 4 is 40.2 Å². The predicted molar refractivity (Wildman–Crippen MR) is 44.4 cm³/mol. The third-order valence-corrected chi connectivity index (χ3v) is 3.56. The maximum Gasteiger partial charge on any atom is 0.203 e. The van der Waals surface area contributed by atoms with Gasteiger partial charge >= 0.3 is 0 Å². The molecule has 1 fully saturated rings. The lowest BCUT2D eigenvalue weighted by molar-refractivity contribution is -0.108. The fraction of sp³-hybridized carbons (Fsp3) is 0.800. The van der Waals surface area contributed by atoms with Gasteiger partial charge in [0.15, 0.2) is 0 Å². The van der Waals surface area contributed by atoms with E-state index < -0.39 is 0 Å². The van der Waals surface area contributed by atoms with E-state index in [9.17, 15) is 4.79 Å². The molecule has 0 spiro atoms. The zero-order valence-electron chi connectivity index (χ0n) is 4.80. The number of halogens is 1. The molecule has 0 saturated carbocycles. The number of alkyl halides is 1. The van der Waals surface area contributed by atoms with Gasteiger partial charge in [-0.1, -0.05) is 11.8 Å². The Kier molecular flexibility index (Phi) is 3.22. The molecule has 0 aromatic heterocycles. The summed E-state index contributed by atoms with van der Waals surface area (Å²) in [5.74, 6) is 2.33. The molecule has 9 heavy (non-hydrogen) atoms. The quantitative estimate of drug-likeness (QED) is 0.488. The highest BCUT2D eigenvalue weighted by molar-refractivity contribution is 8.15. The summed E-state index contributed by atoms with van der Waals surface area (Å²) in [5, 5.41) is 0.839. The van der Waals surface area contributed by atoms with Crippen LogP contribution in [0.3, 0.4) is 0 Å². The number of carbonyl (C=O) groups excluding carboxylic acids is 1. The molecule has 1 nitrogen and oxygen atoms in total. The molecular weight excluding hydrogens is 176 g/mol. The number of hydrogen-bond acceptors (Lipinski definition) is 3. The molecule has 0 aromatic rings. The Morgan fingerprint density at radius 2 is 2.56 bits per heavy atom. The van der Waals surface area contributed by atoms with Crippen molar-refractivity contribution in [3.63, 3.8) is 0 Å². The Morgan fingerprint density at radius 3 is 3.00 bits per heavy atom. The molecule has 1 unspecified atom stereocenters. The first kappa shape index (κ1) is 7.76. The Hall–Kier alpha value is 0.660. The summed E-state index contributed by atoms with van der Waals surface area (Å²) in [6.45, 7) is 0. The van der Waals surface area contributed by atoms with Gasteiger partial charge in [-0.3, -0.25) is 4.79 Å². The summed E-state index contributed by atoms with van der Waals surface area (Å²) in [4.78, 5) is 10.6. The minimum atomic E-state index is 0.101. The Morgan fingerprint density at radius 1 is 1.89 bits per heavy atom. The van der Waals surface area contributed by atoms with Gasteiger partial charge in [0.1, 0.15) is 0 Å². The second-order valence-corrected chi connectivity index (χ2v) is 4.45. The van der Waals surface area contributed by atoms with E-state index in [0.717, 1.165) is 11.0 Å². The first-order chi connectivity index (χ1) is 4.33. The molecule has 4 heteroatoms. The fourth-order valence-corrected chi connectivity index (χ4v) is 2.18. The van der Waals surface area contributed by atoms with Crippen LogP contribution in [0.15, 0.2) is 0 Å². The van der Waals surface area contributed by atoms with Crippen molar-refractivity contribution in [2.24, 2.45) is 0 Å². The molecule has 0 amide bonds. The molecule has 0 N–H and O–H groups in total. The summed E-state index contributed by atoms with van der Waals surface area (Å²) in [6.07, 6.45) is 0. The van der Waals surface area contributed by atoms with Crippen LogP contribution in [0.1, 0.15) is 0 Å². The normalized spacial score (nSPS) is 23.9. The first-order valence-electron chi connectivity index (χ1n) is 2.66. The van der Waals surface area contributed by atoms with Crippen LogP contribution >= 0.6 is 35.1 Å². The SMILES string of the molecule is O=C(CCl)SCC1CS1. The van der Waals surface area contributed by atoms with E-state index in [1.165, 1.54) is 17.5 Å². The number of rotatable bonds is 3. The summed E-state index contributed by atoms with van der Waals surface area (Å²) >= 11 is 8.54. The summed E-state index contributed by atoms with van der Waals surface area (Å²) < 4.78 is 0. The lowest BCUT2D eigenvalue weighted by Crippen LogP contribution is -1.97. The van der Waals surface area contributed by atoms with Crippen molar-refractivity contribution in [1.82, 2.24) is 0 Å². The Bertz CT molecular complexity index is 114. The van der Waals surface area contributed by atoms with E-state index in [2.05, 4.69) is 0 Å². The molecule has 1 rings (SSSR count). The van der Waals surface area contributed by atoms with Crippen LogP contribution in [0.4, 0.5) is 0 Å². The molecule has 1 saturated heterocycles. The van der Waals surface area contributed by atoms with Crippen molar-refractivity contribution in [1.29, 1.82) is 0 Å². The monoisotopic (exact) mass is 182 g/mol. The minimum Gasteiger partial charge on any atom is -0.286 e. The van der Waals surface area contributed by atoms with Crippen LogP contribution in [0.5, 0.6) is 0 Å². The molecule has 1 atom stereocenters. The lowest BCUT2D eigenvalue weighted by atomic mass is 10.6. The van der Waals surface area contributed by atoms with Gasteiger partial charge in [-0.25, -0.2) is 0 Å². The molecule has 1 heterocycles. The highest BCUT2D eigenvalue weighted by Crippen LogP contribution is 2.32. The van der Waals surface area contributed by atoms with Gasteiger partial charge in [-0.05, 0) is 0 Å². The van der Waals surface area contributed by atoms with Crippen LogP contribution in [0.2, 0.25) is 0 Å². The van der Waals surface area contributed by atoms with Crippen molar-refractivity contribution < 1.29 is 4.79 Å². The maximum absolute atomic E-state index is 10.6. The van der Waals surface area contributed by atoms with Gasteiger partial charge in [0, 0.05) is 16.8 Å². The fourth-order valence-electron chi connectivity index (χ4n) is 0.389. The van der Waals surface area contributed by atoms with Crippen LogP contribution in [0, 0.1) is 0 Å². The zero-order valence-corrected chi connectivity index (χ0v) is 7.19. The van der Waals surface area contributed by atoms with E-state index in [1.807, 2.05) is 11.8 Å². The molecule has 0 radical (unpaired) electrons. The molecule has 0 aromatic carbocycles. The van der Waals surface area contributed by atoms with Crippen LogP contribution in [0.25, 0.3) is 0 Å². The van der Waals surface area contributed by atoms with Crippen molar-refractivity contribution in [3.8, 4) is 0 Å². The van der Waals surface area contributed by atoms with Crippen molar-refractivity contribution in [2.45, 2.75) is 5.25 Å². The lowest BCUT2D eigenvalue weighted by Gasteiger charge is -1.90. The second-order valence-electron chi connectivity index (χ2n) is 1.77. The Balaban J connectivity index is 1.96. The van der Waals surface area contributed by atoms with Gasteiger partial charge in [0.05, 0.1) is 5.88 Å². The largest absolute Gasteiger partial charge is 0.286 e. The van der Waals surface area contributed by atoms with Crippen LogP contribution in [-0.2, 0) is 4.79 Å². The van der Waals surface area contributed by atoms with Gasteiger partial charge in [0.2, 0.25) is 5.12 Å². The van der Waals surface area contributed by atoms with Gasteiger partial charge in [0.25, 0.3) is 0 Å². The molecule has 0 bridgehead atoms. The molecule has 1 aliphatic rings. The number of carbonyl (C=O) groups is 1. The first-order valence-corrected chi connectivity index (χ1v) is 5.23. The standard InChI is InChI=1S/C5H7ClOS2/c6-1-5(7)9-3-4-2-8-4/h4H,1-3H2. The zero-order chi connectivity index (χ0) is 6.69. The predicted octanol–water partition coefficient (Wildman–Crippen LogP) is 1.60. The van der Waals surface area contributed by atoms with E-state index in [4.69, 9.17) is 11.6 Å². The van der Waals surface area contributed by atoms with E-state index in [1.54, 1.807) is 0 Å². The second kappa shape index (κ2) is 3.74. The topological polar surface area (TPSA) is 17.1 Å². The summed E-state index contributed by atoms with van der Waals surface area (Å²) in [7, 11) is 0. The maximum atomic E-state index is 10.6. The number of thioether (sulfide) groups is 2. The van der Waals surface area contributed by atoms with E-state index >= 15 is 0 Å². The average molecular weight is 183 g/mol. The summed E-state index contributed by atoms with van der Waals surface area (Å²) in [6, 6.07) is 0. The smallest absolute Gasteiger partial charge is 0.203 e. The molecule has 0 aliphatic carbocycles. The Labute approximate surface area is 67.9 Å². The third kappa shape index (κ3) is 3.38. The number of hydrogen-bond donors (Lipinski definition) is 0. The van der Waals surface area contributed by atoms with Crippen molar-refractivity contribution in [2.75, 3.05) is 17.4 Å². The highest BCUT2D eigenvalue weighted by atomic mass is 35.5. The van der Waals surface area contributed by atoms with Crippen LogP contribution < -0.4 is 0 Å². The highest BCUT2D eigenvalue weighted by Gasteiger charge is 2.22. The van der Waals surface area contributed by atoms with Gasteiger partial charge in [-0.15, -0.1) is 11.6 Å². The molecule has 1 aliphatic heterocycles. The van der Waals surface area contributed by atoms with Gasteiger partial charge < -0.3 is 0 Å². The molecule has 52 valence electrons. The van der Waals surface area contributed by atoms with E-state index in [-0.39, 0.29) is 11.0 Å². The average Bonchev–Trinajstić information content (AvgIpc) is 2.65. The third-order valence-electron chi connectivity index (χ3n) is 0.942.